The first-order valence-corrected chi connectivity index (χ1v) is 10.5. The Balaban J connectivity index is 1.29. The Morgan fingerprint density at radius 3 is 2.59 bits per heavy atom. The minimum absolute atomic E-state index is 0.167. The van der Waals surface area contributed by atoms with Crippen LogP contribution < -0.4 is 20.1 Å². The number of ether oxygens (including phenoxy) is 2. The van der Waals surface area contributed by atoms with Crippen molar-refractivity contribution in [2.75, 3.05) is 19.0 Å². The van der Waals surface area contributed by atoms with Crippen LogP contribution in [-0.2, 0) is 11.3 Å². The van der Waals surface area contributed by atoms with Crippen LogP contribution in [0, 0.1) is 0 Å². The van der Waals surface area contributed by atoms with Crippen molar-refractivity contribution in [1.82, 2.24) is 20.1 Å². The number of pyridine rings is 1. The smallest absolute Gasteiger partial charge is 0.262 e. The lowest BCUT2D eigenvalue weighted by molar-refractivity contribution is -0.118. The van der Waals surface area contributed by atoms with Gasteiger partial charge in [-0.05, 0) is 48.5 Å². The molecule has 0 unspecified atom stereocenters. The maximum absolute atomic E-state index is 12.6. The predicted octanol–water partition coefficient (Wildman–Crippen LogP) is 3.22. The Hall–Kier alpha value is -4.66. The topological polar surface area (TPSA) is 107 Å². The van der Waals surface area contributed by atoms with Crippen molar-refractivity contribution < 1.29 is 19.1 Å². The fraction of sp³-hybridized carbons (Fsp3) is 0.120. The minimum Gasteiger partial charge on any atom is -0.497 e. The first-order valence-electron chi connectivity index (χ1n) is 10.5. The highest BCUT2D eigenvalue weighted by atomic mass is 16.5. The van der Waals surface area contributed by atoms with E-state index in [4.69, 9.17) is 9.47 Å². The van der Waals surface area contributed by atoms with Crippen LogP contribution >= 0.6 is 0 Å². The van der Waals surface area contributed by atoms with Crippen LogP contribution in [0.2, 0.25) is 0 Å². The number of amides is 2. The van der Waals surface area contributed by atoms with E-state index in [1.807, 2.05) is 18.2 Å². The van der Waals surface area contributed by atoms with Gasteiger partial charge in [-0.2, -0.15) is 5.10 Å². The number of hydrogen-bond acceptors (Lipinski definition) is 6. The van der Waals surface area contributed by atoms with Gasteiger partial charge in [-0.3, -0.25) is 9.59 Å². The highest BCUT2D eigenvalue weighted by Gasteiger charge is 2.10. The molecular weight excluding hydrogens is 434 g/mol. The van der Waals surface area contributed by atoms with Crippen molar-refractivity contribution in [3.63, 3.8) is 0 Å². The van der Waals surface area contributed by atoms with Gasteiger partial charge in [0.15, 0.2) is 12.4 Å². The van der Waals surface area contributed by atoms with Crippen molar-refractivity contribution in [2.24, 2.45) is 0 Å². The molecule has 2 heterocycles. The van der Waals surface area contributed by atoms with Gasteiger partial charge in [0.05, 0.1) is 7.11 Å². The third-order valence-corrected chi connectivity index (χ3v) is 4.87. The molecule has 0 bridgehead atoms. The van der Waals surface area contributed by atoms with Crippen molar-refractivity contribution in [2.45, 2.75) is 6.54 Å². The molecule has 2 amide bonds. The average molecular weight is 457 g/mol. The van der Waals surface area contributed by atoms with Gasteiger partial charge in [0, 0.05) is 48.0 Å². The van der Waals surface area contributed by atoms with Crippen molar-refractivity contribution in [3.8, 4) is 17.3 Å². The molecule has 4 rings (SSSR count). The highest BCUT2D eigenvalue weighted by molar-refractivity contribution is 5.94. The van der Waals surface area contributed by atoms with E-state index in [0.29, 0.717) is 35.1 Å². The first-order chi connectivity index (χ1) is 16.6. The summed E-state index contributed by atoms with van der Waals surface area (Å²) in [6.45, 7) is 0.129. The normalized spacial score (nSPS) is 10.4. The number of carbonyl (C=O) groups excluding carboxylic acids is 2. The number of rotatable bonds is 9. The number of methoxy groups -OCH3 is 1. The van der Waals surface area contributed by atoms with E-state index in [2.05, 4.69) is 20.7 Å². The van der Waals surface area contributed by atoms with E-state index in [-0.39, 0.29) is 18.4 Å². The monoisotopic (exact) mass is 457 g/mol. The van der Waals surface area contributed by atoms with Gasteiger partial charge < -0.3 is 20.1 Å². The second kappa shape index (κ2) is 10.8. The van der Waals surface area contributed by atoms with Gasteiger partial charge in [0.1, 0.15) is 11.5 Å². The van der Waals surface area contributed by atoms with Crippen LogP contribution in [0.25, 0.3) is 5.82 Å². The number of nitrogens with one attached hydrogen (secondary N) is 2. The molecule has 9 heteroatoms. The molecular formula is C25H23N5O4. The second-order valence-corrected chi connectivity index (χ2v) is 7.21. The summed E-state index contributed by atoms with van der Waals surface area (Å²) in [6.07, 6.45) is 5.14. The van der Waals surface area contributed by atoms with Gasteiger partial charge >= 0.3 is 0 Å². The quantitative estimate of drug-likeness (QED) is 0.400. The lowest BCUT2D eigenvalue weighted by Gasteiger charge is -2.11. The number of aromatic nitrogens is 3. The summed E-state index contributed by atoms with van der Waals surface area (Å²) < 4.78 is 12.3. The van der Waals surface area contributed by atoms with Gasteiger partial charge in [-0.25, -0.2) is 9.67 Å². The van der Waals surface area contributed by atoms with E-state index in [9.17, 15) is 9.59 Å². The zero-order valence-electron chi connectivity index (χ0n) is 18.5. The van der Waals surface area contributed by atoms with Crippen LogP contribution in [0.4, 0.5) is 5.69 Å². The van der Waals surface area contributed by atoms with Crippen molar-refractivity contribution in [1.29, 1.82) is 0 Å². The van der Waals surface area contributed by atoms with E-state index in [1.54, 1.807) is 78.9 Å². The zero-order chi connectivity index (χ0) is 23.8. The first kappa shape index (κ1) is 22.5. The largest absolute Gasteiger partial charge is 0.497 e. The van der Waals surface area contributed by atoms with Crippen LogP contribution in [0.15, 0.2) is 85.3 Å². The summed E-state index contributed by atoms with van der Waals surface area (Å²) in [7, 11) is 1.56. The molecule has 2 aromatic heterocycles. The summed E-state index contributed by atoms with van der Waals surface area (Å²) in [5, 5.41) is 9.83. The van der Waals surface area contributed by atoms with Crippen molar-refractivity contribution >= 4 is 17.5 Å². The van der Waals surface area contributed by atoms with Crippen LogP contribution in [0.1, 0.15) is 15.9 Å². The van der Waals surface area contributed by atoms with E-state index >= 15 is 0 Å². The molecule has 172 valence electrons. The standard InChI is InChI=1S/C25H23N5O4/c1-33-22-7-2-6-20(15-22)29-23(31)17-34-21-10-8-18(9-11-21)25(32)27-16-19-5-3-12-26-24(19)30-14-4-13-28-30/h2-15H,16-17H2,1H3,(H,27,32)(H,29,31). The third kappa shape index (κ3) is 5.77. The zero-order valence-corrected chi connectivity index (χ0v) is 18.5. The minimum atomic E-state index is -0.306. The fourth-order valence-corrected chi connectivity index (χ4v) is 3.20. The Morgan fingerprint density at radius 1 is 0.971 bits per heavy atom. The SMILES string of the molecule is COc1cccc(NC(=O)COc2ccc(C(=O)NCc3cccnc3-n3cccn3)cc2)c1. The van der Waals surface area contributed by atoms with Crippen LogP contribution in [-0.4, -0.2) is 40.3 Å². The number of benzene rings is 2. The molecule has 0 atom stereocenters. The molecule has 0 saturated heterocycles. The van der Waals surface area contributed by atoms with Crippen molar-refractivity contribution in [3.05, 3.63) is 96.4 Å². The number of nitrogens with zero attached hydrogens (tertiary/aromatic N) is 3. The summed E-state index contributed by atoms with van der Waals surface area (Å²) in [5.74, 6) is 1.24. The molecule has 0 aliphatic rings. The molecule has 0 spiro atoms. The fourth-order valence-electron chi connectivity index (χ4n) is 3.20. The number of anilines is 1. The molecule has 2 aromatic carbocycles. The molecule has 0 saturated carbocycles. The average Bonchev–Trinajstić information content (AvgIpc) is 3.41. The molecule has 0 aliphatic carbocycles. The Labute approximate surface area is 196 Å². The predicted molar refractivity (Wildman–Crippen MR) is 126 cm³/mol. The summed E-state index contributed by atoms with van der Waals surface area (Å²) in [6, 6.07) is 19.1. The number of carbonyl (C=O) groups is 2. The van der Waals surface area contributed by atoms with Crippen LogP contribution in [0.3, 0.4) is 0 Å². The number of hydrogen-bond donors (Lipinski definition) is 2. The third-order valence-electron chi connectivity index (χ3n) is 4.87. The molecule has 0 aliphatic heterocycles. The molecule has 0 radical (unpaired) electrons. The molecule has 34 heavy (non-hydrogen) atoms. The van der Waals surface area contributed by atoms with Gasteiger partial charge in [-0.1, -0.05) is 12.1 Å². The Morgan fingerprint density at radius 2 is 1.82 bits per heavy atom. The lowest BCUT2D eigenvalue weighted by atomic mass is 10.2. The molecule has 0 fully saturated rings. The summed E-state index contributed by atoms with van der Waals surface area (Å²) >= 11 is 0. The van der Waals surface area contributed by atoms with E-state index in [1.165, 1.54) is 0 Å². The van der Waals surface area contributed by atoms with E-state index < -0.39 is 0 Å². The summed E-state index contributed by atoms with van der Waals surface area (Å²) in [5.41, 5.74) is 1.92. The van der Waals surface area contributed by atoms with Gasteiger partial charge in [0.2, 0.25) is 0 Å². The Bertz CT molecular complexity index is 1260. The molecule has 9 nitrogen and oxygen atoms in total. The van der Waals surface area contributed by atoms with E-state index in [0.717, 1.165) is 5.56 Å². The van der Waals surface area contributed by atoms with Crippen LogP contribution in [0.5, 0.6) is 11.5 Å². The lowest BCUT2D eigenvalue weighted by Crippen LogP contribution is -2.24. The maximum atomic E-state index is 12.6. The van der Waals surface area contributed by atoms with Gasteiger partial charge in [0.25, 0.3) is 11.8 Å². The second-order valence-electron chi connectivity index (χ2n) is 7.21. The van der Waals surface area contributed by atoms with Gasteiger partial charge in [-0.15, -0.1) is 0 Å². The molecule has 2 N–H and O–H groups in total. The molecule has 4 aromatic rings. The maximum Gasteiger partial charge on any atom is 0.262 e. The highest BCUT2D eigenvalue weighted by Crippen LogP contribution is 2.17. The Kier molecular flexibility index (Phi) is 7.14. The summed E-state index contributed by atoms with van der Waals surface area (Å²) in [4.78, 5) is 29.1.